The lowest BCUT2D eigenvalue weighted by Gasteiger charge is -2.26. The Morgan fingerprint density at radius 2 is 0.714 bits per heavy atom. The Bertz CT molecular complexity index is 2630. The molecule has 5 heteroatoms. The van der Waals surface area contributed by atoms with Crippen LogP contribution in [0.15, 0.2) is 218 Å². The molecular formula is C51H36N4O. The molecule has 0 saturated heterocycles. The molecule has 0 saturated carbocycles. The van der Waals surface area contributed by atoms with Crippen molar-refractivity contribution in [2.24, 2.45) is 0 Å². The largest absolute Gasteiger partial charge is 0.457 e. The van der Waals surface area contributed by atoms with Gasteiger partial charge >= 0.3 is 0 Å². The van der Waals surface area contributed by atoms with Gasteiger partial charge in [-0.25, -0.2) is 15.0 Å². The number of anilines is 3. The summed E-state index contributed by atoms with van der Waals surface area (Å²) in [7, 11) is 0. The number of para-hydroxylation sites is 2. The third kappa shape index (κ3) is 7.43. The first-order valence-electron chi connectivity index (χ1n) is 18.6. The molecule has 0 spiro atoms. The number of benzene rings is 8. The number of hydrogen-bond donors (Lipinski definition) is 0. The quantitative estimate of drug-likeness (QED) is 0.141. The van der Waals surface area contributed by atoms with Crippen LogP contribution in [0.4, 0.5) is 17.1 Å². The molecule has 1 aromatic heterocycles. The Labute approximate surface area is 326 Å². The molecule has 0 aliphatic heterocycles. The highest BCUT2D eigenvalue weighted by Gasteiger charge is 2.17. The van der Waals surface area contributed by atoms with Crippen LogP contribution in [0.2, 0.25) is 0 Å². The summed E-state index contributed by atoms with van der Waals surface area (Å²) in [5, 5.41) is 0. The molecule has 0 N–H and O–H groups in total. The molecule has 0 fully saturated rings. The fraction of sp³-hybridized carbons (Fsp3) is 0. The van der Waals surface area contributed by atoms with Crippen LogP contribution in [0.1, 0.15) is 0 Å². The SMILES string of the molecule is c1ccc(-c2ccc(N(c3ccccc3)c3ccc(-c4cccc(Oc5ccccc5-c5nc(-c6ccccc6)nc(-c6ccccc6)n5)c4)cc3)cc2)cc1. The van der Waals surface area contributed by atoms with Gasteiger partial charge in [-0.1, -0.05) is 158 Å². The van der Waals surface area contributed by atoms with Crippen molar-refractivity contribution in [1.82, 2.24) is 15.0 Å². The second-order valence-corrected chi connectivity index (χ2v) is 13.3. The highest BCUT2D eigenvalue weighted by Crippen LogP contribution is 2.38. The lowest BCUT2D eigenvalue weighted by molar-refractivity contribution is 0.484. The summed E-state index contributed by atoms with van der Waals surface area (Å²) < 4.78 is 6.63. The minimum atomic E-state index is 0.540. The summed E-state index contributed by atoms with van der Waals surface area (Å²) in [6.45, 7) is 0. The number of nitrogens with zero attached hydrogens (tertiary/aromatic N) is 4. The minimum absolute atomic E-state index is 0.540. The van der Waals surface area contributed by atoms with Crippen LogP contribution in [0, 0.1) is 0 Å². The third-order valence-electron chi connectivity index (χ3n) is 9.60. The molecule has 56 heavy (non-hydrogen) atoms. The van der Waals surface area contributed by atoms with Crippen LogP contribution in [-0.4, -0.2) is 15.0 Å². The van der Waals surface area contributed by atoms with E-state index in [-0.39, 0.29) is 0 Å². The lowest BCUT2D eigenvalue weighted by Crippen LogP contribution is -2.09. The fourth-order valence-corrected chi connectivity index (χ4v) is 6.80. The number of rotatable bonds is 10. The molecule has 0 aliphatic carbocycles. The highest BCUT2D eigenvalue weighted by atomic mass is 16.5. The van der Waals surface area contributed by atoms with Crippen molar-refractivity contribution in [1.29, 1.82) is 0 Å². The molecule has 0 aliphatic rings. The first kappa shape index (κ1) is 34.2. The smallest absolute Gasteiger partial charge is 0.167 e. The van der Waals surface area contributed by atoms with E-state index in [4.69, 9.17) is 19.7 Å². The molecule has 9 rings (SSSR count). The van der Waals surface area contributed by atoms with Crippen LogP contribution in [-0.2, 0) is 0 Å². The monoisotopic (exact) mass is 720 g/mol. The second-order valence-electron chi connectivity index (χ2n) is 13.3. The average molecular weight is 721 g/mol. The van der Waals surface area contributed by atoms with Gasteiger partial charge in [0.2, 0.25) is 0 Å². The molecule has 0 amide bonds. The summed E-state index contributed by atoms with van der Waals surface area (Å²) >= 11 is 0. The second kappa shape index (κ2) is 15.8. The predicted molar refractivity (Wildman–Crippen MR) is 228 cm³/mol. The molecule has 0 bridgehead atoms. The van der Waals surface area contributed by atoms with Crippen molar-refractivity contribution in [3.05, 3.63) is 218 Å². The lowest BCUT2D eigenvalue weighted by atomic mass is 10.0. The molecule has 266 valence electrons. The zero-order valence-corrected chi connectivity index (χ0v) is 30.5. The van der Waals surface area contributed by atoms with Crippen molar-refractivity contribution in [2.75, 3.05) is 4.90 Å². The van der Waals surface area contributed by atoms with Gasteiger partial charge in [0.25, 0.3) is 0 Å². The van der Waals surface area contributed by atoms with Gasteiger partial charge < -0.3 is 9.64 Å². The molecule has 8 aromatic carbocycles. The summed E-state index contributed by atoms with van der Waals surface area (Å²) in [4.78, 5) is 17.0. The summed E-state index contributed by atoms with van der Waals surface area (Å²) in [5.41, 5.74) is 10.4. The maximum absolute atomic E-state index is 6.63. The minimum Gasteiger partial charge on any atom is -0.457 e. The molecule has 0 unspecified atom stereocenters. The van der Waals surface area contributed by atoms with Crippen LogP contribution in [0.5, 0.6) is 11.5 Å². The van der Waals surface area contributed by atoms with Gasteiger partial charge in [0.1, 0.15) is 11.5 Å². The Balaban J connectivity index is 1.01. The van der Waals surface area contributed by atoms with E-state index in [1.807, 2.05) is 109 Å². The molecule has 9 aromatic rings. The molecule has 0 atom stereocenters. The summed E-state index contributed by atoms with van der Waals surface area (Å²) in [6, 6.07) is 74.4. The Morgan fingerprint density at radius 1 is 0.304 bits per heavy atom. The van der Waals surface area contributed by atoms with Crippen molar-refractivity contribution in [3.63, 3.8) is 0 Å². The zero-order chi connectivity index (χ0) is 37.5. The van der Waals surface area contributed by atoms with Crippen LogP contribution >= 0.6 is 0 Å². The zero-order valence-electron chi connectivity index (χ0n) is 30.5. The van der Waals surface area contributed by atoms with E-state index in [2.05, 4.69) is 114 Å². The van der Waals surface area contributed by atoms with Gasteiger partial charge in [-0.15, -0.1) is 0 Å². The highest BCUT2D eigenvalue weighted by molar-refractivity contribution is 5.80. The third-order valence-corrected chi connectivity index (χ3v) is 9.60. The first-order chi connectivity index (χ1) is 27.7. The number of ether oxygens (including phenoxy) is 1. The van der Waals surface area contributed by atoms with Crippen LogP contribution in [0.3, 0.4) is 0 Å². The average Bonchev–Trinajstić information content (AvgIpc) is 3.28. The van der Waals surface area contributed by atoms with E-state index in [0.717, 1.165) is 44.9 Å². The van der Waals surface area contributed by atoms with Gasteiger partial charge in [-0.3, -0.25) is 0 Å². The van der Waals surface area contributed by atoms with E-state index in [1.54, 1.807) is 0 Å². The summed E-state index contributed by atoms with van der Waals surface area (Å²) in [6.07, 6.45) is 0. The van der Waals surface area contributed by atoms with Crippen molar-refractivity contribution < 1.29 is 4.74 Å². The van der Waals surface area contributed by atoms with E-state index >= 15 is 0 Å². The van der Waals surface area contributed by atoms with E-state index < -0.39 is 0 Å². The standard InChI is InChI=1S/C51H36N4O/c1-5-16-37(17-6-1)38-28-32-44(33-29-38)55(43-23-11-4-12-24-43)45-34-30-39(31-35-45)42-22-15-25-46(36-42)56-48-27-14-13-26-47(48)51-53-49(40-18-7-2-8-19-40)52-50(54-51)41-20-9-3-10-21-41/h1-36H. The molecule has 1 heterocycles. The van der Waals surface area contributed by atoms with E-state index in [9.17, 15) is 0 Å². The number of hydrogen-bond acceptors (Lipinski definition) is 5. The maximum atomic E-state index is 6.63. The first-order valence-corrected chi connectivity index (χ1v) is 18.6. The Hall–Kier alpha value is -7.63. The van der Waals surface area contributed by atoms with Gasteiger partial charge in [-0.05, 0) is 82.9 Å². The van der Waals surface area contributed by atoms with Crippen molar-refractivity contribution >= 4 is 17.1 Å². The fourth-order valence-electron chi connectivity index (χ4n) is 6.80. The van der Waals surface area contributed by atoms with Gasteiger partial charge in [0, 0.05) is 28.2 Å². The topological polar surface area (TPSA) is 51.1 Å². The van der Waals surface area contributed by atoms with Crippen LogP contribution < -0.4 is 9.64 Å². The predicted octanol–water partition coefficient (Wildman–Crippen LogP) is 13.5. The normalized spacial score (nSPS) is 10.9. The van der Waals surface area contributed by atoms with E-state index in [1.165, 1.54) is 11.1 Å². The van der Waals surface area contributed by atoms with E-state index in [0.29, 0.717) is 29.0 Å². The van der Waals surface area contributed by atoms with Gasteiger partial charge in [0.15, 0.2) is 17.5 Å². The Morgan fingerprint density at radius 3 is 1.29 bits per heavy atom. The molecular weight excluding hydrogens is 685 g/mol. The summed E-state index contributed by atoms with van der Waals surface area (Å²) in [5.74, 6) is 3.11. The van der Waals surface area contributed by atoms with Crippen molar-refractivity contribution in [3.8, 4) is 67.9 Å². The molecule has 0 radical (unpaired) electrons. The van der Waals surface area contributed by atoms with Gasteiger partial charge in [0.05, 0.1) is 5.56 Å². The number of aromatic nitrogens is 3. The Kier molecular flexibility index (Phi) is 9.62. The maximum Gasteiger partial charge on any atom is 0.167 e. The van der Waals surface area contributed by atoms with Gasteiger partial charge in [-0.2, -0.15) is 0 Å². The van der Waals surface area contributed by atoms with Crippen LogP contribution in [0.25, 0.3) is 56.4 Å². The van der Waals surface area contributed by atoms with Crippen molar-refractivity contribution in [2.45, 2.75) is 0 Å². The molecule has 5 nitrogen and oxygen atoms in total.